The van der Waals surface area contributed by atoms with E-state index in [4.69, 9.17) is 0 Å². The van der Waals surface area contributed by atoms with Crippen LogP contribution in [0, 0.1) is 0 Å². The topological polar surface area (TPSA) is 49.3 Å². The van der Waals surface area contributed by atoms with Crippen LogP contribution in [0.5, 0.6) is 0 Å². The van der Waals surface area contributed by atoms with Gasteiger partial charge in [-0.3, -0.25) is 4.79 Å². The molecule has 0 bridgehead atoms. The summed E-state index contributed by atoms with van der Waals surface area (Å²) < 4.78 is 0. The van der Waals surface area contributed by atoms with Crippen molar-refractivity contribution in [2.45, 2.75) is 38.1 Å². The van der Waals surface area contributed by atoms with E-state index in [1.54, 1.807) is 0 Å². The molecule has 1 atom stereocenters. The second-order valence-electron chi connectivity index (χ2n) is 5.00. The Labute approximate surface area is 114 Å². The van der Waals surface area contributed by atoms with Crippen LogP contribution >= 0.6 is 0 Å². The van der Waals surface area contributed by atoms with Crippen molar-refractivity contribution in [2.24, 2.45) is 0 Å². The van der Waals surface area contributed by atoms with Gasteiger partial charge in [-0.2, -0.15) is 0 Å². The van der Waals surface area contributed by atoms with Crippen LogP contribution in [-0.2, 0) is 4.79 Å². The molecule has 0 aliphatic heterocycles. The van der Waals surface area contributed by atoms with Gasteiger partial charge in [-0.05, 0) is 31.2 Å². The van der Waals surface area contributed by atoms with Gasteiger partial charge in [0, 0.05) is 6.42 Å². The van der Waals surface area contributed by atoms with Gasteiger partial charge in [-0.1, -0.05) is 42.0 Å². The molecule has 0 unspecified atom stereocenters. The van der Waals surface area contributed by atoms with E-state index in [1.165, 1.54) is 18.4 Å². The van der Waals surface area contributed by atoms with E-state index in [0.29, 0.717) is 6.42 Å². The zero-order chi connectivity index (χ0) is 13.5. The highest BCUT2D eigenvalue weighted by atomic mass is 16.3. The number of hydrogen-bond donors (Lipinski definition) is 2. The highest BCUT2D eigenvalue weighted by Crippen LogP contribution is 2.20. The molecule has 0 fully saturated rings. The maximum Gasteiger partial charge on any atom is 0.224 e. The lowest BCUT2D eigenvalue weighted by atomic mass is 9.97. The molecule has 1 aromatic rings. The van der Waals surface area contributed by atoms with Crippen LogP contribution in [0.3, 0.4) is 0 Å². The Balaban J connectivity index is 1.91. The zero-order valence-electron chi connectivity index (χ0n) is 11.1. The third-order valence-corrected chi connectivity index (χ3v) is 3.49. The Morgan fingerprint density at radius 1 is 1.26 bits per heavy atom. The Hall–Kier alpha value is -1.61. The van der Waals surface area contributed by atoms with Crippen molar-refractivity contribution in [3.8, 4) is 0 Å². The van der Waals surface area contributed by atoms with Crippen molar-refractivity contribution in [3.05, 3.63) is 47.5 Å². The van der Waals surface area contributed by atoms with Crippen molar-refractivity contribution < 1.29 is 9.90 Å². The Morgan fingerprint density at radius 2 is 2.05 bits per heavy atom. The Morgan fingerprint density at radius 3 is 2.68 bits per heavy atom. The molecule has 0 spiro atoms. The predicted octanol–water partition coefficient (Wildman–Crippen LogP) is 2.73. The van der Waals surface area contributed by atoms with Crippen LogP contribution in [0.1, 0.15) is 43.7 Å². The number of carbonyl (C=O) groups is 1. The zero-order valence-corrected chi connectivity index (χ0v) is 11.1. The van der Waals surface area contributed by atoms with Crippen LogP contribution in [0.2, 0.25) is 0 Å². The van der Waals surface area contributed by atoms with Crippen molar-refractivity contribution in [2.75, 3.05) is 6.61 Å². The molecule has 19 heavy (non-hydrogen) atoms. The summed E-state index contributed by atoms with van der Waals surface area (Å²) in [4.78, 5) is 12.0. The quantitative estimate of drug-likeness (QED) is 0.799. The minimum Gasteiger partial charge on any atom is -0.394 e. The van der Waals surface area contributed by atoms with Gasteiger partial charge in [0.25, 0.3) is 0 Å². The summed E-state index contributed by atoms with van der Waals surface area (Å²) in [6, 6.07) is 9.27. The van der Waals surface area contributed by atoms with Gasteiger partial charge in [0.1, 0.15) is 0 Å². The van der Waals surface area contributed by atoms with Crippen LogP contribution in [0.4, 0.5) is 0 Å². The van der Waals surface area contributed by atoms with Crippen LogP contribution in [0.25, 0.3) is 0 Å². The number of benzene rings is 1. The summed E-state index contributed by atoms with van der Waals surface area (Å²) >= 11 is 0. The van der Waals surface area contributed by atoms with E-state index in [1.807, 2.05) is 30.3 Å². The summed E-state index contributed by atoms with van der Waals surface area (Å²) in [6.45, 7) is -0.0746. The van der Waals surface area contributed by atoms with Gasteiger partial charge >= 0.3 is 0 Å². The van der Waals surface area contributed by atoms with Crippen molar-refractivity contribution in [3.63, 3.8) is 0 Å². The fourth-order valence-corrected chi connectivity index (χ4v) is 2.44. The van der Waals surface area contributed by atoms with E-state index < -0.39 is 0 Å². The number of amides is 1. The lowest BCUT2D eigenvalue weighted by Crippen LogP contribution is -2.31. The second-order valence-corrected chi connectivity index (χ2v) is 5.00. The molecular weight excluding hydrogens is 238 g/mol. The highest BCUT2D eigenvalue weighted by Gasteiger charge is 2.15. The second kappa shape index (κ2) is 7.10. The normalized spacial score (nSPS) is 16.6. The molecule has 2 rings (SSSR count). The van der Waals surface area contributed by atoms with Gasteiger partial charge in [0.05, 0.1) is 12.6 Å². The third-order valence-electron chi connectivity index (χ3n) is 3.49. The first-order valence-corrected chi connectivity index (χ1v) is 6.92. The molecule has 3 nitrogen and oxygen atoms in total. The predicted molar refractivity (Wildman–Crippen MR) is 75.6 cm³/mol. The lowest BCUT2D eigenvalue weighted by Gasteiger charge is -2.18. The molecule has 0 saturated carbocycles. The number of hydrogen-bond acceptors (Lipinski definition) is 2. The van der Waals surface area contributed by atoms with Crippen LogP contribution in [0.15, 0.2) is 42.0 Å². The highest BCUT2D eigenvalue weighted by molar-refractivity contribution is 5.79. The molecule has 0 heterocycles. The summed E-state index contributed by atoms with van der Waals surface area (Å²) in [5, 5.41) is 12.3. The number of aliphatic hydroxyl groups is 1. The van der Waals surface area contributed by atoms with Gasteiger partial charge in [0.15, 0.2) is 0 Å². The molecule has 1 aliphatic carbocycles. The third kappa shape index (κ3) is 4.21. The molecule has 102 valence electrons. The van der Waals surface area contributed by atoms with E-state index in [2.05, 4.69) is 11.4 Å². The Kier molecular flexibility index (Phi) is 5.16. The smallest absolute Gasteiger partial charge is 0.224 e. The first-order valence-electron chi connectivity index (χ1n) is 6.92. The fourth-order valence-electron chi connectivity index (χ4n) is 2.44. The summed E-state index contributed by atoms with van der Waals surface area (Å²) in [5.74, 6) is -0.00365. The number of nitrogens with one attached hydrogen (secondary N) is 1. The largest absolute Gasteiger partial charge is 0.394 e. The van der Waals surface area contributed by atoms with Crippen LogP contribution < -0.4 is 5.32 Å². The maximum atomic E-state index is 12.0. The van der Waals surface area contributed by atoms with Crippen LogP contribution in [-0.4, -0.2) is 17.6 Å². The molecular formula is C16H21NO2. The molecule has 0 saturated heterocycles. The number of aliphatic hydroxyl groups excluding tert-OH is 1. The molecule has 1 aliphatic rings. The van der Waals surface area contributed by atoms with Crippen molar-refractivity contribution in [1.29, 1.82) is 0 Å². The van der Waals surface area contributed by atoms with Crippen molar-refractivity contribution >= 4 is 5.91 Å². The first-order chi connectivity index (χ1) is 9.29. The lowest BCUT2D eigenvalue weighted by molar-refractivity contribution is -0.121. The standard InChI is InChI=1S/C16H21NO2/c18-12-15(14-9-5-2-6-10-14)17-16(19)11-13-7-3-1-4-8-13/h2,5-7,9-10,15,18H,1,3-4,8,11-12H2,(H,17,19)/t15-/m0/s1. The number of rotatable bonds is 5. The van der Waals surface area contributed by atoms with Gasteiger partial charge < -0.3 is 10.4 Å². The van der Waals surface area contributed by atoms with Gasteiger partial charge in [0.2, 0.25) is 5.91 Å². The molecule has 0 aromatic heterocycles. The summed E-state index contributed by atoms with van der Waals surface area (Å²) in [6.07, 6.45) is 7.17. The number of allylic oxidation sites excluding steroid dienone is 1. The van der Waals surface area contributed by atoms with Gasteiger partial charge in [-0.15, -0.1) is 0 Å². The Bertz CT molecular complexity index is 439. The SMILES string of the molecule is O=C(CC1=CCCCC1)N[C@@H](CO)c1ccccc1. The molecule has 3 heteroatoms. The molecule has 1 aromatic carbocycles. The number of carbonyl (C=O) groups excluding carboxylic acids is 1. The van der Waals surface area contributed by atoms with E-state index in [9.17, 15) is 9.90 Å². The van der Waals surface area contributed by atoms with E-state index in [-0.39, 0.29) is 18.6 Å². The first kappa shape index (κ1) is 13.8. The molecule has 1 amide bonds. The van der Waals surface area contributed by atoms with Crippen molar-refractivity contribution in [1.82, 2.24) is 5.32 Å². The van der Waals surface area contributed by atoms with Gasteiger partial charge in [-0.25, -0.2) is 0 Å². The summed E-state index contributed by atoms with van der Waals surface area (Å²) in [7, 11) is 0. The fraction of sp³-hybridized carbons (Fsp3) is 0.438. The minimum absolute atomic E-state index is 0.00365. The average molecular weight is 259 g/mol. The minimum atomic E-state index is -0.308. The molecule has 2 N–H and O–H groups in total. The van der Waals surface area contributed by atoms with E-state index >= 15 is 0 Å². The average Bonchev–Trinajstić information content (AvgIpc) is 2.47. The van der Waals surface area contributed by atoms with E-state index in [0.717, 1.165) is 18.4 Å². The summed E-state index contributed by atoms with van der Waals surface area (Å²) in [5.41, 5.74) is 2.17. The maximum absolute atomic E-state index is 12.0. The molecule has 0 radical (unpaired) electrons. The monoisotopic (exact) mass is 259 g/mol.